The number of fused-ring (bicyclic) bond motifs is 1. The number of carbonyl (C=O) groups excluding carboxylic acids is 2. The van der Waals surface area contributed by atoms with Crippen LogP contribution >= 0.6 is 0 Å². The average molecular weight is 276 g/mol. The molecule has 2 N–H and O–H groups in total. The SMILES string of the molecule is NCc1ccc(F)cc1CN1C(=O)C2CCCC2C1=O. The molecule has 20 heavy (non-hydrogen) atoms. The summed E-state index contributed by atoms with van der Waals surface area (Å²) in [4.78, 5) is 25.8. The molecule has 4 nitrogen and oxygen atoms in total. The van der Waals surface area contributed by atoms with Crippen LogP contribution in [0.25, 0.3) is 0 Å². The van der Waals surface area contributed by atoms with Gasteiger partial charge in [0.15, 0.2) is 0 Å². The van der Waals surface area contributed by atoms with Gasteiger partial charge >= 0.3 is 0 Å². The molecule has 106 valence electrons. The third-order valence-corrected chi connectivity index (χ3v) is 4.40. The Kier molecular flexibility index (Phi) is 3.30. The van der Waals surface area contributed by atoms with Crippen LogP contribution in [0.4, 0.5) is 4.39 Å². The molecule has 1 saturated heterocycles. The maximum absolute atomic E-state index is 13.4. The van der Waals surface area contributed by atoms with E-state index >= 15 is 0 Å². The largest absolute Gasteiger partial charge is 0.326 e. The van der Waals surface area contributed by atoms with Crippen molar-refractivity contribution in [3.63, 3.8) is 0 Å². The summed E-state index contributed by atoms with van der Waals surface area (Å²) < 4.78 is 13.4. The minimum absolute atomic E-state index is 0.107. The highest BCUT2D eigenvalue weighted by molar-refractivity contribution is 6.05. The first-order chi connectivity index (χ1) is 9.61. The molecule has 3 rings (SSSR count). The van der Waals surface area contributed by atoms with E-state index in [0.29, 0.717) is 5.56 Å². The summed E-state index contributed by atoms with van der Waals surface area (Å²) >= 11 is 0. The molecule has 5 heteroatoms. The van der Waals surface area contributed by atoms with Crippen LogP contribution in [0.15, 0.2) is 18.2 Å². The van der Waals surface area contributed by atoms with Crippen molar-refractivity contribution in [3.8, 4) is 0 Å². The van der Waals surface area contributed by atoms with Gasteiger partial charge in [-0.05, 0) is 36.1 Å². The van der Waals surface area contributed by atoms with Crippen molar-refractivity contribution < 1.29 is 14.0 Å². The first-order valence-corrected chi connectivity index (χ1v) is 6.94. The van der Waals surface area contributed by atoms with E-state index in [1.165, 1.54) is 17.0 Å². The summed E-state index contributed by atoms with van der Waals surface area (Å²) in [7, 11) is 0. The number of hydrogen-bond donors (Lipinski definition) is 1. The molecule has 2 aliphatic rings. The minimum Gasteiger partial charge on any atom is -0.326 e. The third kappa shape index (κ3) is 2.02. The summed E-state index contributed by atoms with van der Waals surface area (Å²) in [6.07, 6.45) is 2.52. The fourth-order valence-electron chi connectivity index (χ4n) is 3.33. The van der Waals surface area contributed by atoms with Crippen molar-refractivity contribution in [3.05, 3.63) is 35.1 Å². The molecule has 1 aromatic carbocycles. The number of hydrogen-bond acceptors (Lipinski definition) is 3. The quantitative estimate of drug-likeness (QED) is 0.852. The van der Waals surface area contributed by atoms with Crippen molar-refractivity contribution in [2.75, 3.05) is 0 Å². The second kappa shape index (κ2) is 4.98. The molecule has 1 saturated carbocycles. The maximum atomic E-state index is 13.4. The molecule has 1 aliphatic carbocycles. The third-order valence-electron chi connectivity index (χ3n) is 4.40. The molecular formula is C15H17FN2O2. The lowest BCUT2D eigenvalue weighted by Crippen LogP contribution is -2.31. The van der Waals surface area contributed by atoms with Crippen molar-refractivity contribution in [1.29, 1.82) is 0 Å². The van der Waals surface area contributed by atoms with Gasteiger partial charge in [-0.15, -0.1) is 0 Å². The fourth-order valence-corrected chi connectivity index (χ4v) is 3.33. The number of imide groups is 1. The van der Waals surface area contributed by atoms with Crippen molar-refractivity contribution in [1.82, 2.24) is 4.90 Å². The van der Waals surface area contributed by atoms with Gasteiger partial charge in [0, 0.05) is 6.54 Å². The first-order valence-electron chi connectivity index (χ1n) is 6.94. The number of nitrogens with two attached hydrogens (primary N) is 1. The summed E-state index contributed by atoms with van der Waals surface area (Å²) in [6, 6.07) is 4.31. The lowest BCUT2D eigenvalue weighted by molar-refractivity contribution is -0.141. The second-order valence-corrected chi connectivity index (χ2v) is 5.52. The molecular weight excluding hydrogens is 259 g/mol. The van der Waals surface area contributed by atoms with Crippen LogP contribution in [-0.2, 0) is 22.7 Å². The van der Waals surface area contributed by atoms with Crippen molar-refractivity contribution >= 4 is 11.8 Å². The van der Waals surface area contributed by atoms with E-state index in [1.807, 2.05) is 0 Å². The molecule has 1 heterocycles. The van der Waals surface area contributed by atoms with Gasteiger partial charge in [-0.25, -0.2) is 4.39 Å². The number of rotatable bonds is 3. The maximum Gasteiger partial charge on any atom is 0.233 e. The van der Waals surface area contributed by atoms with Gasteiger partial charge in [0.25, 0.3) is 0 Å². The van der Waals surface area contributed by atoms with E-state index in [9.17, 15) is 14.0 Å². The monoisotopic (exact) mass is 276 g/mol. The van der Waals surface area contributed by atoms with Gasteiger partial charge in [-0.2, -0.15) is 0 Å². The standard InChI is InChI=1S/C15H17FN2O2/c16-11-5-4-9(7-17)10(6-11)8-18-14(19)12-2-1-3-13(12)15(18)20/h4-6,12-13H,1-3,7-8,17H2. The lowest BCUT2D eigenvalue weighted by atomic mass is 10.00. The van der Waals surface area contributed by atoms with E-state index in [4.69, 9.17) is 5.73 Å². The normalized spacial score (nSPS) is 25.4. The van der Waals surface area contributed by atoms with Crippen LogP contribution in [0.1, 0.15) is 30.4 Å². The Hall–Kier alpha value is -1.75. The molecule has 0 bridgehead atoms. The Bertz CT molecular complexity index is 551. The molecule has 2 atom stereocenters. The van der Waals surface area contributed by atoms with E-state index in [-0.39, 0.29) is 42.6 Å². The van der Waals surface area contributed by atoms with Crippen molar-refractivity contribution in [2.24, 2.45) is 17.6 Å². The Labute approximate surface area is 116 Å². The zero-order chi connectivity index (χ0) is 14.3. The van der Waals surface area contributed by atoms with Gasteiger partial charge in [-0.1, -0.05) is 12.5 Å². The molecule has 2 fully saturated rings. The molecule has 0 spiro atoms. The minimum atomic E-state index is -0.378. The van der Waals surface area contributed by atoms with Gasteiger partial charge in [0.2, 0.25) is 11.8 Å². The number of nitrogens with zero attached hydrogens (tertiary/aromatic N) is 1. The molecule has 0 radical (unpaired) electrons. The Morgan fingerprint density at radius 3 is 2.40 bits per heavy atom. The van der Waals surface area contributed by atoms with Crippen LogP contribution in [0.5, 0.6) is 0 Å². The highest BCUT2D eigenvalue weighted by Crippen LogP contribution is 2.40. The van der Waals surface area contributed by atoms with E-state index < -0.39 is 0 Å². The van der Waals surface area contributed by atoms with Crippen LogP contribution in [-0.4, -0.2) is 16.7 Å². The topological polar surface area (TPSA) is 63.4 Å². The zero-order valence-corrected chi connectivity index (χ0v) is 11.1. The molecule has 2 unspecified atom stereocenters. The van der Waals surface area contributed by atoms with Crippen LogP contribution in [0.2, 0.25) is 0 Å². The first kappa shape index (κ1) is 13.2. The Morgan fingerprint density at radius 2 is 1.80 bits per heavy atom. The highest BCUT2D eigenvalue weighted by atomic mass is 19.1. The zero-order valence-electron chi connectivity index (χ0n) is 11.1. The molecule has 1 aromatic rings. The summed E-state index contributed by atoms with van der Waals surface area (Å²) in [5.41, 5.74) is 7.01. The van der Waals surface area contributed by atoms with Crippen LogP contribution < -0.4 is 5.73 Å². The summed E-state index contributed by atoms with van der Waals surface area (Å²) in [5, 5.41) is 0. The van der Waals surface area contributed by atoms with E-state index in [0.717, 1.165) is 24.8 Å². The number of benzene rings is 1. The summed E-state index contributed by atoms with van der Waals surface area (Å²) in [6.45, 7) is 0.396. The average Bonchev–Trinajstić information content (AvgIpc) is 2.99. The number of likely N-dealkylation sites (tertiary alicyclic amines) is 1. The second-order valence-electron chi connectivity index (χ2n) is 5.52. The van der Waals surface area contributed by atoms with Crippen molar-refractivity contribution in [2.45, 2.75) is 32.4 Å². The highest BCUT2D eigenvalue weighted by Gasteiger charge is 2.49. The number of halogens is 1. The predicted molar refractivity (Wildman–Crippen MR) is 70.7 cm³/mol. The van der Waals surface area contributed by atoms with Crippen LogP contribution in [0.3, 0.4) is 0 Å². The predicted octanol–water partition coefficient (Wildman–Crippen LogP) is 1.57. The Morgan fingerprint density at radius 1 is 1.15 bits per heavy atom. The van der Waals surface area contributed by atoms with E-state index in [2.05, 4.69) is 0 Å². The van der Waals surface area contributed by atoms with E-state index in [1.54, 1.807) is 6.07 Å². The van der Waals surface area contributed by atoms with Gasteiger partial charge in [0.05, 0.1) is 18.4 Å². The lowest BCUT2D eigenvalue weighted by Gasteiger charge is -2.18. The smallest absolute Gasteiger partial charge is 0.233 e. The fraction of sp³-hybridized carbons (Fsp3) is 0.467. The summed E-state index contributed by atoms with van der Waals surface area (Å²) in [5.74, 6) is -0.902. The molecule has 0 aromatic heterocycles. The number of carbonyl (C=O) groups is 2. The Balaban J connectivity index is 1.86. The molecule has 1 aliphatic heterocycles. The number of amides is 2. The van der Waals surface area contributed by atoms with Crippen LogP contribution in [0, 0.1) is 17.7 Å². The van der Waals surface area contributed by atoms with Gasteiger partial charge in [-0.3, -0.25) is 14.5 Å². The molecule has 2 amide bonds. The van der Waals surface area contributed by atoms with Gasteiger partial charge in [0.1, 0.15) is 5.82 Å². The van der Waals surface area contributed by atoms with Gasteiger partial charge < -0.3 is 5.73 Å².